The van der Waals surface area contributed by atoms with Gasteiger partial charge in [0.05, 0.1) is 40.5 Å². The van der Waals surface area contributed by atoms with Crippen LogP contribution in [-0.4, -0.2) is 144 Å². The maximum absolute atomic E-state index is 14.0. The third-order valence-electron chi connectivity index (χ3n) is 16.5. The number of likely N-dealkylation sites (N-methyl/N-ethyl adjacent to an activating group) is 2. The Morgan fingerprint density at radius 1 is 0.538 bits per heavy atom. The van der Waals surface area contributed by atoms with Crippen molar-refractivity contribution in [3.05, 3.63) is 143 Å². The number of rotatable bonds is 21. The summed E-state index contributed by atoms with van der Waals surface area (Å²) in [5.41, 5.74) is 8.49. The summed E-state index contributed by atoms with van der Waals surface area (Å²) in [4.78, 5) is 50.8. The van der Waals surface area contributed by atoms with Gasteiger partial charge in [0.15, 0.2) is 23.0 Å². The van der Waals surface area contributed by atoms with Gasteiger partial charge in [-0.25, -0.2) is 9.97 Å². The smallest absolute Gasteiger partial charge is 0.255 e. The zero-order valence-corrected chi connectivity index (χ0v) is 47.6. The van der Waals surface area contributed by atoms with E-state index in [1.54, 1.807) is 28.4 Å². The summed E-state index contributed by atoms with van der Waals surface area (Å²) in [6.45, 7) is 24.1. The minimum atomic E-state index is -0.0875. The van der Waals surface area contributed by atoms with E-state index < -0.39 is 0 Å². The molecular weight excluding hydrogens is 981 g/mol. The van der Waals surface area contributed by atoms with Crippen LogP contribution in [0.4, 0.5) is 11.4 Å². The Labute approximate surface area is 462 Å². The molecule has 0 spiro atoms. The van der Waals surface area contributed by atoms with Crippen LogP contribution in [-0.2, 0) is 26.2 Å². The Bertz CT molecular complexity index is 2970. The van der Waals surface area contributed by atoms with Crippen LogP contribution in [0.25, 0.3) is 0 Å². The van der Waals surface area contributed by atoms with Gasteiger partial charge in [-0.1, -0.05) is 52.0 Å². The molecule has 6 aromatic rings. The monoisotopic (exact) mass is 1060 g/mol. The molecule has 0 saturated carbocycles. The van der Waals surface area contributed by atoms with Gasteiger partial charge in [-0.05, 0) is 105 Å². The molecule has 0 N–H and O–H groups in total. The lowest BCUT2D eigenvalue weighted by Gasteiger charge is -2.36. The van der Waals surface area contributed by atoms with Crippen LogP contribution < -0.4 is 28.7 Å². The summed E-state index contributed by atoms with van der Waals surface area (Å²) in [5.74, 6) is 5.42. The summed E-state index contributed by atoms with van der Waals surface area (Å²) in [6.07, 6.45) is 11.3. The highest BCUT2D eigenvalue weighted by molar-refractivity contribution is 6.01. The first-order valence-electron chi connectivity index (χ1n) is 28.2. The van der Waals surface area contributed by atoms with Gasteiger partial charge in [-0.15, -0.1) is 0 Å². The molecule has 0 unspecified atom stereocenters. The second-order valence-corrected chi connectivity index (χ2v) is 21.2. The molecule has 2 aromatic heterocycles. The largest absolute Gasteiger partial charge is 0.493 e. The van der Waals surface area contributed by atoms with Crippen LogP contribution in [0, 0.1) is 6.92 Å². The van der Waals surface area contributed by atoms with Crippen LogP contribution in [0.3, 0.4) is 0 Å². The van der Waals surface area contributed by atoms with E-state index in [1.165, 1.54) is 11.4 Å². The van der Waals surface area contributed by atoms with Crippen molar-refractivity contribution >= 4 is 23.2 Å². The van der Waals surface area contributed by atoms with Gasteiger partial charge in [-0.2, -0.15) is 0 Å². The van der Waals surface area contributed by atoms with E-state index >= 15 is 0 Å². The normalized spacial score (nSPS) is 16.5. The van der Waals surface area contributed by atoms with Crippen LogP contribution in [0.1, 0.15) is 126 Å². The summed E-state index contributed by atoms with van der Waals surface area (Å²) >= 11 is 0. The second-order valence-electron chi connectivity index (χ2n) is 21.2. The number of hydrogen-bond donors (Lipinski definition) is 0. The number of carbonyl (C=O) groups excluding carboxylic acids is 2. The van der Waals surface area contributed by atoms with E-state index in [0.29, 0.717) is 42.0 Å². The Balaban J connectivity index is 0.000000190. The number of amides is 2. The number of carbonyl (C=O) groups is 2. The molecule has 4 aliphatic heterocycles. The highest BCUT2D eigenvalue weighted by Crippen LogP contribution is 2.43. The molecule has 2 fully saturated rings. The maximum atomic E-state index is 14.0. The van der Waals surface area contributed by atoms with Crippen molar-refractivity contribution in [3.8, 4) is 23.0 Å². The molecule has 416 valence electrons. The predicted octanol–water partition coefficient (Wildman–Crippen LogP) is 9.87. The molecule has 78 heavy (non-hydrogen) atoms. The van der Waals surface area contributed by atoms with Gasteiger partial charge in [0, 0.05) is 143 Å². The topological polar surface area (TPSA) is 126 Å². The van der Waals surface area contributed by atoms with E-state index in [2.05, 4.69) is 107 Å². The fraction of sp³-hybridized carbons (Fsp3) is 0.484. The van der Waals surface area contributed by atoms with Gasteiger partial charge in [0.2, 0.25) is 0 Å². The van der Waals surface area contributed by atoms with Crippen molar-refractivity contribution in [2.75, 3.05) is 104 Å². The Hall–Kier alpha value is -7.04. The molecule has 0 aliphatic carbocycles. The van der Waals surface area contributed by atoms with Crippen molar-refractivity contribution in [2.24, 2.45) is 0 Å². The summed E-state index contributed by atoms with van der Waals surface area (Å²) in [5, 5.41) is 0. The molecule has 0 radical (unpaired) electrons. The Morgan fingerprint density at radius 3 is 1.38 bits per heavy atom. The third-order valence-corrected chi connectivity index (χ3v) is 16.5. The van der Waals surface area contributed by atoms with Crippen molar-refractivity contribution in [2.45, 2.75) is 104 Å². The molecule has 6 heterocycles. The highest BCUT2D eigenvalue weighted by atomic mass is 16.5. The molecule has 10 rings (SSSR count). The number of aromatic nitrogens is 4. The molecule has 0 bridgehead atoms. The van der Waals surface area contributed by atoms with Crippen LogP contribution in [0.2, 0.25) is 0 Å². The van der Waals surface area contributed by atoms with E-state index in [4.69, 9.17) is 18.9 Å². The molecule has 4 aliphatic rings. The van der Waals surface area contributed by atoms with Crippen molar-refractivity contribution in [1.29, 1.82) is 0 Å². The number of methoxy groups -OCH3 is 4. The number of fused-ring (bicyclic) bond motifs is 2. The summed E-state index contributed by atoms with van der Waals surface area (Å²) < 4.78 is 26.7. The SMILES string of the molecule is CCN1CCN(c2cccc3c2CN([C@H](CCCn2ccnc2C(C)C)c2ccc(OC)c(OC)c2)C3=O)CC1.CCN1CCN(c2cccc3c2CN([C@H](CCCn2ccnc2C)c2ccc(OC)c(OC)c2)C3=O)CC1. The minimum absolute atomic E-state index is 0.0803. The first-order valence-corrected chi connectivity index (χ1v) is 28.2. The lowest BCUT2D eigenvalue weighted by molar-refractivity contribution is 0.0680. The Morgan fingerprint density at radius 2 is 0.974 bits per heavy atom. The third kappa shape index (κ3) is 12.0. The molecule has 16 heteroatoms. The van der Waals surface area contributed by atoms with Crippen molar-refractivity contribution in [1.82, 2.24) is 38.7 Å². The number of nitrogens with zero attached hydrogens (tertiary/aromatic N) is 10. The average molecular weight is 1060 g/mol. The van der Waals surface area contributed by atoms with Gasteiger partial charge < -0.3 is 57.5 Å². The fourth-order valence-electron chi connectivity index (χ4n) is 12.1. The predicted molar refractivity (Wildman–Crippen MR) is 308 cm³/mol. The number of hydrogen-bond acceptors (Lipinski definition) is 12. The number of aryl methyl sites for hydroxylation is 3. The summed E-state index contributed by atoms with van der Waals surface area (Å²) in [7, 11) is 6.60. The Kier molecular flexibility index (Phi) is 18.3. The van der Waals surface area contributed by atoms with Crippen molar-refractivity contribution < 1.29 is 28.5 Å². The van der Waals surface area contributed by atoms with Crippen LogP contribution in [0.15, 0.2) is 97.6 Å². The van der Waals surface area contributed by atoms with Gasteiger partial charge in [0.1, 0.15) is 11.6 Å². The van der Waals surface area contributed by atoms with Crippen molar-refractivity contribution in [3.63, 3.8) is 0 Å². The standard InChI is InChI=1S/C32H43N5O3.C30H39N5O3/c1-6-34-17-19-35(20-18-34)28-10-7-9-25-26(28)22-37(32(25)38)27(24-12-13-29(39-4)30(21-24)40-5)11-8-15-36-16-14-33-31(36)23(2)3;1-5-32-16-18-34(19-17-32)27-9-6-8-24-25(27)21-35(30(24)36)26(10-7-14-33-15-13-31-22(33)2)23-11-12-28(37-3)29(20-23)38-4/h7,9-10,12-14,16,21,23,27H,6,8,11,15,17-20,22H2,1-5H3;6,8-9,11-13,15,20,26H,5,7,10,14,16-19,21H2,1-4H3/t27-;26-/m11/s1. The quantitative estimate of drug-likeness (QED) is 0.0681. The van der Waals surface area contributed by atoms with E-state index in [0.717, 1.165) is 149 Å². The van der Waals surface area contributed by atoms with E-state index in [9.17, 15) is 9.59 Å². The van der Waals surface area contributed by atoms with Crippen LogP contribution in [0.5, 0.6) is 23.0 Å². The minimum Gasteiger partial charge on any atom is -0.493 e. The van der Waals surface area contributed by atoms with Gasteiger partial charge in [0.25, 0.3) is 11.8 Å². The van der Waals surface area contributed by atoms with Gasteiger partial charge in [-0.3, -0.25) is 9.59 Å². The number of ether oxygens (including phenoxy) is 4. The number of anilines is 2. The number of imidazole rings is 2. The lowest BCUT2D eigenvalue weighted by Crippen LogP contribution is -2.46. The van der Waals surface area contributed by atoms with E-state index in [-0.39, 0.29) is 23.9 Å². The molecule has 4 aromatic carbocycles. The molecule has 2 saturated heterocycles. The maximum Gasteiger partial charge on any atom is 0.255 e. The lowest BCUT2D eigenvalue weighted by atomic mass is 9.99. The molecular formula is C62H82N10O6. The highest BCUT2D eigenvalue weighted by Gasteiger charge is 2.38. The fourth-order valence-corrected chi connectivity index (χ4v) is 12.1. The molecule has 2 atom stereocenters. The number of piperazine rings is 2. The average Bonchev–Trinajstić information content (AvgIpc) is 4.47. The zero-order valence-electron chi connectivity index (χ0n) is 47.6. The van der Waals surface area contributed by atoms with Gasteiger partial charge >= 0.3 is 0 Å². The van der Waals surface area contributed by atoms with Crippen LogP contribution >= 0.6 is 0 Å². The first-order chi connectivity index (χ1) is 38.0. The second kappa shape index (κ2) is 25.6. The molecule has 2 amide bonds. The first kappa shape index (κ1) is 55.7. The number of benzene rings is 4. The van der Waals surface area contributed by atoms with E-state index in [1.807, 2.05) is 74.0 Å². The molecule has 16 nitrogen and oxygen atoms in total. The zero-order chi connectivity index (χ0) is 54.9. The summed E-state index contributed by atoms with van der Waals surface area (Å²) in [6, 6.07) is 24.3.